The normalized spacial score (nSPS) is 11.0. The van der Waals surface area contributed by atoms with E-state index in [2.05, 4.69) is 9.97 Å². The molecule has 0 N–H and O–H groups in total. The maximum Gasteiger partial charge on any atom is 0.357 e. The number of pyridine rings is 1. The number of imidazole rings is 2. The zero-order valence-electron chi connectivity index (χ0n) is 14.1. The van der Waals surface area contributed by atoms with Crippen molar-refractivity contribution in [1.82, 2.24) is 18.9 Å². The van der Waals surface area contributed by atoms with E-state index in [1.807, 2.05) is 71.6 Å². The van der Waals surface area contributed by atoms with E-state index in [0.717, 1.165) is 16.5 Å². The van der Waals surface area contributed by atoms with Gasteiger partial charge in [0, 0.05) is 18.1 Å². The second-order valence-corrected chi connectivity index (χ2v) is 6.35. The van der Waals surface area contributed by atoms with Crippen molar-refractivity contribution in [2.75, 3.05) is 6.26 Å². The standard InChI is InChI=1S/C19H16N4O2S/c1-26-19-20-11-16(23(19)15-7-3-2-4-8-15)18(24)25-13-14-12-22-10-6-5-9-17(22)21-14/h2-12H,13H2,1H3. The zero-order chi connectivity index (χ0) is 17.9. The molecule has 0 amide bonds. The third kappa shape index (κ3) is 3.09. The zero-order valence-corrected chi connectivity index (χ0v) is 14.9. The number of hydrogen-bond donors (Lipinski definition) is 0. The second-order valence-electron chi connectivity index (χ2n) is 5.58. The van der Waals surface area contributed by atoms with E-state index in [1.165, 1.54) is 11.8 Å². The van der Waals surface area contributed by atoms with Crippen LogP contribution in [0.1, 0.15) is 16.2 Å². The Morgan fingerprint density at radius 1 is 1.15 bits per heavy atom. The Morgan fingerprint density at radius 2 is 1.96 bits per heavy atom. The van der Waals surface area contributed by atoms with Gasteiger partial charge in [-0.3, -0.25) is 4.57 Å². The summed E-state index contributed by atoms with van der Waals surface area (Å²) in [6.45, 7) is 0.106. The summed E-state index contributed by atoms with van der Waals surface area (Å²) in [6.07, 6.45) is 7.23. The lowest BCUT2D eigenvalue weighted by atomic mass is 10.3. The molecule has 3 heterocycles. The molecule has 0 aliphatic heterocycles. The third-order valence-corrected chi connectivity index (χ3v) is 4.55. The molecule has 7 heteroatoms. The van der Waals surface area contributed by atoms with Crippen LogP contribution in [0.5, 0.6) is 0 Å². The third-order valence-electron chi connectivity index (χ3n) is 3.90. The van der Waals surface area contributed by atoms with Crippen LogP contribution in [0.15, 0.2) is 72.3 Å². The van der Waals surface area contributed by atoms with Crippen molar-refractivity contribution in [2.24, 2.45) is 0 Å². The Hall–Kier alpha value is -3.06. The van der Waals surface area contributed by atoms with Crippen LogP contribution in [-0.4, -0.2) is 31.2 Å². The van der Waals surface area contributed by atoms with E-state index in [4.69, 9.17) is 4.74 Å². The van der Waals surface area contributed by atoms with E-state index in [0.29, 0.717) is 11.4 Å². The van der Waals surface area contributed by atoms with Gasteiger partial charge in [-0.05, 0) is 30.5 Å². The summed E-state index contributed by atoms with van der Waals surface area (Å²) >= 11 is 1.47. The van der Waals surface area contributed by atoms with Gasteiger partial charge in [0.1, 0.15) is 12.3 Å². The molecule has 0 aliphatic carbocycles. The maximum atomic E-state index is 12.6. The number of benzene rings is 1. The van der Waals surface area contributed by atoms with Crippen LogP contribution in [0.2, 0.25) is 0 Å². The molecular weight excluding hydrogens is 348 g/mol. The summed E-state index contributed by atoms with van der Waals surface area (Å²) < 4.78 is 9.17. The van der Waals surface area contributed by atoms with Gasteiger partial charge in [-0.25, -0.2) is 14.8 Å². The van der Waals surface area contributed by atoms with Gasteiger partial charge in [0.25, 0.3) is 0 Å². The highest BCUT2D eigenvalue weighted by Gasteiger charge is 2.19. The van der Waals surface area contributed by atoms with E-state index in [9.17, 15) is 4.79 Å². The average molecular weight is 364 g/mol. The number of carbonyl (C=O) groups is 1. The fourth-order valence-electron chi connectivity index (χ4n) is 2.72. The molecule has 6 nitrogen and oxygen atoms in total. The average Bonchev–Trinajstić information content (AvgIpc) is 3.30. The molecule has 0 atom stereocenters. The number of hydrogen-bond acceptors (Lipinski definition) is 5. The van der Waals surface area contributed by atoms with E-state index >= 15 is 0 Å². The van der Waals surface area contributed by atoms with Gasteiger partial charge in [0.2, 0.25) is 0 Å². The molecule has 0 saturated carbocycles. The molecule has 0 fully saturated rings. The van der Waals surface area contributed by atoms with Crippen molar-refractivity contribution >= 4 is 23.4 Å². The SMILES string of the molecule is CSc1ncc(C(=O)OCc2cn3ccccc3n2)n1-c1ccccc1. The molecule has 0 bridgehead atoms. The largest absolute Gasteiger partial charge is 0.454 e. The van der Waals surface area contributed by atoms with Crippen LogP contribution >= 0.6 is 11.8 Å². The molecule has 0 unspecified atom stereocenters. The Morgan fingerprint density at radius 3 is 2.73 bits per heavy atom. The maximum absolute atomic E-state index is 12.6. The van der Waals surface area contributed by atoms with Crippen LogP contribution < -0.4 is 0 Å². The summed E-state index contributed by atoms with van der Waals surface area (Å²) in [6, 6.07) is 15.4. The van der Waals surface area contributed by atoms with E-state index in [1.54, 1.807) is 10.8 Å². The lowest BCUT2D eigenvalue weighted by molar-refractivity contribution is 0.0458. The van der Waals surface area contributed by atoms with Crippen LogP contribution in [0.3, 0.4) is 0 Å². The minimum atomic E-state index is -0.432. The van der Waals surface area contributed by atoms with Gasteiger partial charge in [0.05, 0.1) is 11.9 Å². The molecule has 3 aromatic heterocycles. The van der Waals surface area contributed by atoms with Crippen molar-refractivity contribution in [2.45, 2.75) is 11.8 Å². The first-order valence-corrected chi connectivity index (χ1v) is 9.25. The van der Waals surface area contributed by atoms with Gasteiger partial charge in [-0.15, -0.1) is 0 Å². The second kappa shape index (κ2) is 7.05. The predicted molar refractivity (Wildman–Crippen MR) is 99.7 cm³/mol. The van der Waals surface area contributed by atoms with Gasteiger partial charge >= 0.3 is 5.97 Å². The Labute approximate surface area is 154 Å². The predicted octanol–water partition coefficient (Wildman–Crippen LogP) is 3.60. The van der Waals surface area contributed by atoms with E-state index < -0.39 is 5.97 Å². The van der Waals surface area contributed by atoms with Crippen molar-refractivity contribution in [1.29, 1.82) is 0 Å². The molecule has 0 saturated heterocycles. The number of fused-ring (bicyclic) bond motifs is 1. The Balaban J connectivity index is 1.57. The van der Waals surface area contributed by atoms with Gasteiger partial charge in [0.15, 0.2) is 10.9 Å². The van der Waals surface area contributed by atoms with Gasteiger partial charge < -0.3 is 9.14 Å². The number of nitrogens with zero attached hydrogens (tertiary/aromatic N) is 4. The number of para-hydroxylation sites is 1. The monoisotopic (exact) mass is 364 g/mol. The fraction of sp³-hybridized carbons (Fsp3) is 0.105. The molecule has 0 aliphatic rings. The highest BCUT2D eigenvalue weighted by Crippen LogP contribution is 2.22. The first-order chi connectivity index (χ1) is 12.8. The highest BCUT2D eigenvalue weighted by molar-refractivity contribution is 7.98. The minimum Gasteiger partial charge on any atom is -0.454 e. The summed E-state index contributed by atoms with van der Waals surface area (Å²) in [7, 11) is 0. The molecular formula is C19H16N4O2S. The van der Waals surface area contributed by atoms with Crippen LogP contribution in [0, 0.1) is 0 Å². The number of ether oxygens (including phenoxy) is 1. The van der Waals surface area contributed by atoms with Crippen LogP contribution in [-0.2, 0) is 11.3 Å². The lowest BCUT2D eigenvalue weighted by Gasteiger charge is -2.10. The molecule has 1 aromatic carbocycles. The summed E-state index contributed by atoms with van der Waals surface area (Å²) in [5.74, 6) is -0.432. The van der Waals surface area contributed by atoms with Gasteiger partial charge in [-0.2, -0.15) is 0 Å². The summed E-state index contributed by atoms with van der Waals surface area (Å²) in [5.41, 5.74) is 2.77. The topological polar surface area (TPSA) is 61.4 Å². The molecule has 130 valence electrons. The van der Waals surface area contributed by atoms with Crippen molar-refractivity contribution in [3.05, 3.63) is 78.5 Å². The van der Waals surface area contributed by atoms with Crippen molar-refractivity contribution in [3.63, 3.8) is 0 Å². The number of carbonyl (C=O) groups excluding carboxylic acids is 1. The minimum absolute atomic E-state index is 0.106. The van der Waals surface area contributed by atoms with E-state index in [-0.39, 0.29) is 6.61 Å². The van der Waals surface area contributed by atoms with Crippen LogP contribution in [0.25, 0.3) is 11.3 Å². The molecule has 0 radical (unpaired) electrons. The molecule has 4 rings (SSSR count). The van der Waals surface area contributed by atoms with Crippen molar-refractivity contribution < 1.29 is 9.53 Å². The molecule has 0 spiro atoms. The first kappa shape index (κ1) is 16.4. The first-order valence-electron chi connectivity index (χ1n) is 8.03. The smallest absolute Gasteiger partial charge is 0.357 e. The molecule has 26 heavy (non-hydrogen) atoms. The van der Waals surface area contributed by atoms with Crippen LogP contribution in [0.4, 0.5) is 0 Å². The highest BCUT2D eigenvalue weighted by atomic mass is 32.2. The van der Waals surface area contributed by atoms with Gasteiger partial charge in [-0.1, -0.05) is 36.0 Å². The quantitative estimate of drug-likeness (QED) is 0.400. The number of aromatic nitrogens is 4. The summed E-state index contributed by atoms with van der Waals surface area (Å²) in [4.78, 5) is 21.4. The summed E-state index contributed by atoms with van der Waals surface area (Å²) in [5, 5.41) is 0.732. The number of rotatable bonds is 5. The Bertz CT molecular complexity index is 1020. The molecule has 4 aromatic rings. The van der Waals surface area contributed by atoms with Crippen molar-refractivity contribution in [3.8, 4) is 5.69 Å². The number of esters is 1. The lowest BCUT2D eigenvalue weighted by Crippen LogP contribution is -2.12. The Kier molecular flexibility index (Phi) is 4.45. The fourth-order valence-corrected chi connectivity index (χ4v) is 3.26. The number of thioether (sulfide) groups is 1.